The molecule has 20 heavy (non-hydrogen) atoms. The minimum Gasteiger partial charge on any atom is -0.297 e. The zero-order valence-electron chi connectivity index (χ0n) is 10.7. The van der Waals surface area contributed by atoms with Crippen molar-refractivity contribution < 1.29 is 18.0 Å². The molecule has 1 saturated carbocycles. The Morgan fingerprint density at radius 2 is 2.20 bits per heavy atom. The normalized spacial score (nSPS) is 24.9. The van der Waals surface area contributed by atoms with E-state index in [-0.39, 0.29) is 18.6 Å². The number of Topliss-reactive ketones (excluding diaryl/α,β-unsaturated/α-hetero) is 1. The van der Waals surface area contributed by atoms with Crippen LogP contribution in [0.25, 0.3) is 0 Å². The van der Waals surface area contributed by atoms with Gasteiger partial charge in [-0.05, 0) is 30.7 Å². The van der Waals surface area contributed by atoms with Gasteiger partial charge in [-0.2, -0.15) is 18.4 Å². The highest BCUT2D eigenvalue weighted by atomic mass is 32.1. The molecule has 2 rings (SSSR count). The molecule has 0 saturated heterocycles. The van der Waals surface area contributed by atoms with Crippen LogP contribution in [-0.2, 0) is 4.79 Å². The monoisotopic (exact) mass is 301 g/mol. The molecule has 0 amide bonds. The lowest BCUT2D eigenvalue weighted by Crippen LogP contribution is -2.33. The van der Waals surface area contributed by atoms with Gasteiger partial charge in [0.05, 0.1) is 12.0 Å². The van der Waals surface area contributed by atoms with E-state index in [1.807, 2.05) is 6.07 Å². The molecule has 0 aliphatic heterocycles. The van der Waals surface area contributed by atoms with E-state index in [0.29, 0.717) is 17.7 Å². The van der Waals surface area contributed by atoms with Crippen molar-refractivity contribution in [1.82, 2.24) is 0 Å². The first-order valence-electron chi connectivity index (χ1n) is 6.47. The fraction of sp³-hybridized carbons (Fsp3) is 0.571. The summed E-state index contributed by atoms with van der Waals surface area (Å²) in [7, 11) is 0. The Bertz CT molecular complexity index is 503. The first-order chi connectivity index (χ1) is 9.43. The number of halogens is 3. The number of rotatable bonds is 3. The third-order valence-electron chi connectivity index (χ3n) is 3.78. The molecule has 0 radical (unpaired) electrons. The Hall–Kier alpha value is -1.35. The van der Waals surface area contributed by atoms with E-state index >= 15 is 0 Å². The lowest BCUT2D eigenvalue weighted by molar-refractivity contribution is -0.186. The molecule has 3 unspecified atom stereocenters. The summed E-state index contributed by atoms with van der Waals surface area (Å²) in [6, 6.07) is 5.35. The van der Waals surface area contributed by atoms with E-state index < -0.39 is 23.9 Å². The summed E-state index contributed by atoms with van der Waals surface area (Å²) in [6.45, 7) is 0. The summed E-state index contributed by atoms with van der Waals surface area (Å²) in [5.74, 6) is -3.34. The average molecular weight is 301 g/mol. The third-order valence-corrected chi connectivity index (χ3v) is 4.72. The van der Waals surface area contributed by atoms with Crippen LogP contribution in [0, 0.1) is 23.2 Å². The van der Waals surface area contributed by atoms with Crippen LogP contribution in [0.1, 0.15) is 36.5 Å². The smallest absolute Gasteiger partial charge is 0.297 e. The molecule has 1 heterocycles. The van der Waals surface area contributed by atoms with E-state index in [4.69, 9.17) is 5.26 Å². The number of ketones is 1. The summed E-state index contributed by atoms with van der Waals surface area (Å²) in [6.07, 6.45) is -3.49. The maximum absolute atomic E-state index is 12.8. The van der Waals surface area contributed by atoms with E-state index in [9.17, 15) is 18.0 Å². The zero-order valence-corrected chi connectivity index (χ0v) is 11.5. The second kappa shape index (κ2) is 5.96. The van der Waals surface area contributed by atoms with Crippen LogP contribution < -0.4 is 0 Å². The van der Waals surface area contributed by atoms with Gasteiger partial charge in [-0.25, -0.2) is 0 Å². The standard InChI is InChI=1S/C14H14F3NOS/c15-14(16,17)10-4-1-3-9(7-10)13(19)11(8-18)12-5-2-6-20-12/h2,5-6,9-11H,1,3-4,7H2. The summed E-state index contributed by atoms with van der Waals surface area (Å²) in [4.78, 5) is 12.9. The molecule has 1 aromatic rings. The van der Waals surface area contributed by atoms with Crippen molar-refractivity contribution in [3.05, 3.63) is 22.4 Å². The highest BCUT2D eigenvalue weighted by Crippen LogP contribution is 2.41. The van der Waals surface area contributed by atoms with Gasteiger partial charge in [0, 0.05) is 10.8 Å². The Balaban J connectivity index is 2.11. The highest BCUT2D eigenvalue weighted by molar-refractivity contribution is 7.10. The lowest BCUT2D eigenvalue weighted by Gasteiger charge is -2.30. The van der Waals surface area contributed by atoms with Gasteiger partial charge >= 0.3 is 6.18 Å². The zero-order chi connectivity index (χ0) is 14.8. The van der Waals surface area contributed by atoms with Gasteiger partial charge in [0.15, 0.2) is 5.78 Å². The first-order valence-corrected chi connectivity index (χ1v) is 7.35. The highest BCUT2D eigenvalue weighted by Gasteiger charge is 2.44. The number of carbonyl (C=O) groups is 1. The molecule has 1 aliphatic rings. The molecular weight excluding hydrogens is 287 g/mol. The minimum atomic E-state index is -4.25. The van der Waals surface area contributed by atoms with Crippen molar-refractivity contribution in [3.63, 3.8) is 0 Å². The van der Waals surface area contributed by atoms with E-state index in [1.165, 1.54) is 11.3 Å². The molecule has 108 valence electrons. The summed E-state index contributed by atoms with van der Waals surface area (Å²) in [5, 5.41) is 10.9. The van der Waals surface area contributed by atoms with Crippen LogP contribution in [-0.4, -0.2) is 12.0 Å². The molecule has 1 aliphatic carbocycles. The van der Waals surface area contributed by atoms with Crippen LogP contribution in [0.3, 0.4) is 0 Å². The van der Waals surface area contributed by atoms with Crippen molar-refractivity contribution in [1.29, 1.82) is 5.26 Å². The fourth-order valence-corrected chi connectivity index (χ4v) is 3.48. The molecule has 0 N–H and O–H groups in total. The number of alkyl halides is 3. The van der Waals surface area contributed by atoms with Crippen LogP contribution in [0.15, 0.2) is 17.5 Å². The molecule has 0 aromatic carbocycles. The quantitative estimate of drug-likeness (QED) is 0.835. The van der Waals surface area contributed by atoms with Gasteiger partial charge in [0.2, 0.25) is 0 Å². The summed E-state index contributed by atoms with van der Waals surface area (Å²) in [5.41, 5.74) is 0. The number of carbonyl (C=O) groups excluding carboxylic acids is 1. The summed E-state index contributed by atoms with van der Waals surface area (Å²) < 4.78 is 38.3. The summed E-state index contributed by atoms with van der Waals surface area (Å²) >= 11 is 1.29. The van der Waals surface area contributed by atoms with Gasteiger partial charge in [-0.15, -0.1) is 11.3 Å². The Morgan fingerprint density at radius 1 is 1.45 bits per heavy atom. The van der Waals surface area contributed by atoms with Crippen molar-refractivity contribution in [2.45, 2.75) is 37.8 Å². The number of nitrogens with zero attached hydrogens (tertiary/aromatic N) is 1. The van der Waals surface area contributed by atoms with Crippen molar-refractivity contribution >= 4 is 17.1 Å². The maximum Gasteiger partial charge on any atom is 0.391 e. The number of nitriles is 1. The van der Waals surface area contributed by atoms with Crippen LogP contribution in [0.5, 0.6) is 0 Å². The predicted octanol–water partition coefficient (Wildman–Crippen LogP) is 4.29. The van der Waals surface area contributed by atoms with Gasteiger partial charge in [-0.1, -0.05) is 12.5 Å². The SMILES string of the molecule is N#CC(C(=O)C1CCCC(C(F)(F)F)C1)c1cccs1. The molecule has 1 fully saturated rings. The van der Waals surface area contributed by atoms with E-state index in [2.05, 4.69) is 0 Å². The number of hydrogen-bond donors (Lipinski definition) is 0. The van der Waals surface area contributed by atoms with Gasteiger partial charge in [-0.3, -0.25) is 4.79 Å². The number of thiophene rings is 1. The van der Waals surface area contributed by atoms with Gasteiger partial charge in [0.25, 0.3) is 0 Å². The number of hydrogen-bond acceptors (Lipinski definition) is 3. The van der Waals surface area contributed by atoms with Crippen molar-refractivity contribution in [2.24, 2.45) is 11.8 Å². The van der Waals surface area contributed by atoms with Gasteiger partial charge in [0.1, 0.15) is 5.92 Å². The lowest BCUT2D eigenvalue weighted by atomic mass is 9.76. The van der Waals surface area contributed by atoms with E-state index in [1.54, 1.807) is 17.5 Å². The fourth-order valence-electron chi connectivity index (χ4n) is 2.70. The first kappa shape index (κ1) is 15.0. The second-order valence-corrected chi connectivity index (χ2v) is 6.06. The molecule has 0 bridgehead atoms. The Morgan fingerprint density at radius 3 is 2.75 bits per heavy atom. The van der Waals surface area contributed by atoms with Crippen molar-refractivity contribution in [2.75, 3.05) is 0 Å². The van der Waals surface area contributed by atoms with Gasteiger partial charge < -0.3 is 0 Å². The molecule has 1 aromatic heterocycles. The molecule has 2 nitrogen and oxygen atoms in total. The maximum atomic E-state index is 12.8. The minimum absolute atomic E-state index is 0.0868. The molecule has 0 spiro atoms. The largest absolute Gasteiger partial charge is 0.391 e. The topological polar surface area (TPSA) is 40.9 Å². The Kier molecular flexibility index (Phi) is 4.48. The third kappa shape index (κ3) is 3.21. The predicted molar refractivity (Wildman–Crippen MR) is 69.2 cm³/mol. The Labute approximate surface area is 119 Å². The molecule has 6 heteroatoms. The van der Waals surface area contributed by atoms with Crippen LogP contribution in [0.4, 0.5) is 13.2 Å². The molecule has 3 atom stereocenters. The van der Waals surface area contributed by atoms with Crippen molar-refractivity contribution in [3.8, 4) is 6.07 Å². The second-order valence-electron chi connectivity index (χ2n) is 5.08. The molecular formula is C14H14F3NOS. The van der Waals surface area contributed by atoms with Crippen LogP contribution >= 0.6 is 11.3 Å². The van der Waals surface area contributed by atoms with Crippen LogP contribution in [0.2, 0.25) is 0 Å². The van der Waals surface area contributed by atoms with E-state index in [0.717, 1.165) is 0 Å². The average Bonchev–Trinajstić information content (AvgIpc) is 2.92.